The molecule has 0 radical (unpaired) electrons. The fourth-order valence-corrected chi connectivity index (χ4v) is 4.04. The van der Waals surface area contributed by atoms with E-state index in [4.69, 9.17) is 0 Å². The SMILES string of the molecule is CCc1nsc(N2CCN(C(=NC)NCC3CC=CCC3)CC2)n1.I. The van der Waals surface area contributed by atoms with E-state index in [-0.39, 0.29) is 24.0 Å². The summed E-state index contributed by atoms with van der Waals surface area (Å²) in [6.45, 7) is 7.03. The number of allylic oxidation sites excluding steroid dienone is 2. The molecule has 0 amide bonds. The lowest BCUT2D eigenvalue weighted by Gasteiger charge is -2.36. The summed E-state index contributed by atoms with van der Waals surface area (Å²) in [5.41, 5.74) is 0. The predicted molar refractivity (Wildman–Crippen MR) is 116 cm³/mol. The Morgan fingerprint density at radius 2 is 2.12 bits per heavy atom. The standard InChI is InChI=1S/C17H28N6S.HI/c1-3-15-20-17(24-21-15)23-11-9-22(10-12-23)16(18-2)19-13-14-7-5-4-6-8-14;/h4-5,14H,3,6-13H2,1-2H3,(H,18,19);1H. The monoisotopic (exact) mass is 476 g/mol. The van der Waals surface area contributed by atoms with Gasteiger partial charge in [-0.2, -0.15) is 4.37 Å². The number of hydrogen-bond acceptors (Lipinski definition) is 5. The van der Waals surface area contributed by atoms with Crippen molar-refractivity contribution in [2.45, 2.75) is 32.6 Å². The van der Waals surface area contributed by atoms with E-state index >= 15 is 0 Å². The van der Waals surface area contributed by atoms with Crippen molar-refractivity contribution < 1.29 is 0 Å². The van der Waals surface area contributed by atoms with Crippen molar-refractivity contribution in [1.29, 1.82) is 0 Å². The molecule has 1 aliphatic heterocycles. The van der Waals surface area contributed by atoms with E-state index in [1.165, 1.54) is 30.8 Å². The van der Waals surface area contributed by atoms with Crippen LogP contribution < -0.4 is 10.2 Å². The molecule has 1 aliphatic carbocycles. The number of rotatable bonds is 4. The van der Waals surface area contributed by atoms with Crippen molar-refractivity contribution in [2.75, 3.05) is 44.7 Å². The Hall–Kier alpha value is -0.900. The second-order valence-electron chi connectivity index (χ2n) is 6.40. The summed E-state index contributed by atoms with van der Waals surface area (Å²) in [6, 6.07) is 0. The van der Waals surface area contributed by atoms with Crippen molar-refractivity contribution >= 4 is 46.6 Å². The highest BCUT2D eigenvalue weighted by Crippen LogP contribution is 2.20. The first-order chi connectivity index (χ1) is 11.8. The first-order valence-electron chi connectivity index (χ1n) is 8.98. The lowest BCUT2D eigenvalue weighted by atomic mass is 9.94. The molecule has 1 saturated heterocycles. The van der Waals surface area contributed by atoms with Crippen LogP contribution in [-0.2, 0) is 6.42 Å². The van der Waals surface area contributed by atoms with E-state index in [1.807, 2.05) is 7.05 Å². The lowest BCUT2D eigenvalue weighted by molar-refractivity contribution is 0.365. The van der Waals surface area contributed by atoms with Gasteiger partial charge in [0.25, 0.3) is 0 Å². The van der Waals surface area contributed by atoms with Crippen LogP contribution in [0, 0.1) is 5.92 Å². The van der Waals surface area contributed by atoms with E-state index in [0.717, 1.165) is 62.0 Å². The molecular weight excluding hydrogens is 447 g/mol. The van der Waals surface area contributed by atoms with Gasteiger partial charge < -0.3 is 15.1 Å². The largest absolute Gasteiger partial charge is 0.356 e. The van der Waals surface area contributed by atoms with Gasteiger partial charge in [-0.05, 0) is 25.2 Å². The molecule has 25 heavy (non-hydrogen) atoms. The normalized spacial score (nSPS) is 21.2. The molecule has 1 fully saturated rings. The minimum absolute atomic E-state index is 0. The first-order valence-corrected chi connectivity index (χ1v) is 9.75. The minimum atomic E-state index is 0. The van der Waals surface area contributed by atoms with E-state index in [9.17, 15) is 0 Å². The Balaban J connectivity index is 0.00000225. The summed E-state index contributed by atoms with van der Waals surface area (Å²) in [5.74, 6) is 2.73. The van der Waals surface area contributed by atoms with Gasteiger partial charge in [0.05, 0.1) is 0 Å². The molecule has 1 aromatic rings. The number of anilines is 1. The van der Waals surface area contributed by atoms with Gasteiger partial charge in [-0.1, -0.05) is 19.1 Å². The second-order valence-corrected chi connectivity index (χ2v) is 7.13. The lowest BCUT2D eigenvalue weighted by Crippen LogP contribution is -2.53. The van der Waals surface area contributed by atoms with E-state index in [1.54, 1.807) is 0 Å². The molecule has 0 saturated carbocycles. The number of aromatic nitrogens is 2. The Morgan fingerprint density at radius 3 is 2.72 bits per heavy atom. The first kappa shape index (κ1) is 20.4. The number of halogens is 1. The zero-order chi connectivity index (χ0) is 16.8. The van der Waals surface area contributed by atoms with Gasteiger partial charge in [-0.15, -0.1) is 24.0 Å². The number of aryl methyl sites for hydroxylation is 1. The maximum atomic E-state index is 4.60. The van der Waals surface area contributed by atoms with Crippen molar-refractivity contribution in [2.24, 2.45) is 10.9 Å². The summed E-state index contributed by atoms with van der Waals surface area (Å²) < 4.78 is 4.40. The number of guanidine groups is 1. The molecule has 2 aliphatic rings. The van der Waals surface area contributed by atoms with Crippen LogP contribution >= 0.6 is 35.5 Å². The Kier molecular flexibility index (Phi) is 8.41. The molecule has 1 unspecified atom stereocenters. The highest BCUT2D eigenvalue weighted by atomic mass is 127. The zero-order valence-electron chi connectivity index (χ0n) is 15.1. The molecule has 0 aromatic carbocycles. The Morgan fingerprint density at radius 1 is 1.32 bits per heavy atom. The maximum Gasteiger partial charge on any atom is 0.205 e. The molecular formula is C17H29IN6S. The van der Waals surface area contributed by atoms with Gasteiger partial charge in [0.15, 0.2) is 5.96 Å². The predicted octanol–water partition coefficient (Wildman–Crippen LogP) is 2.77. The van der Waals surface area contributed by atoms with Crippen LogP contribution in [0.25, 0.3) is 0 Å². The molecule has 8 heteroatoms. The molecule has 1 atom stereocenters. The number of nitrogens with one attached hydrogen (secondary N) is 1. The topological polar surface area (TPSA) is 56.7 Å². The summed E-state index contributed by atoms with van der Waals surface area (Å²) in [7, 11) is 1.88. The van der Waals surface area contributed by atoms with Crippen LogP contribution in [0.1, 0.15) is 32.0 Å². The summed E-state index contributed by atoms with van der Waals surface area (Å²) in [4.78, 5) is 13.8. The molecule has 0 spiro atoms. The van der Waals surface area contributed by atoms with Gasteiger partial charge in [-0.3, -0.25) is 4.99 Å². The molecule has 140 valence electrons. The van der Waals surface area contributed by atoms with Gasteiger partial charge in [0.2, 0.25) is 5.13 Å². The average molecular weight is 476 g/mol. The highest BCUT2D eigenvalue weighted by Gasteiger charge is 2.22. The number of nitrogens with zero attached hydrogens (tertiary/aromatic N) is 5. The average Bonchev–Trinajstić information content (AvgIpc) is 3.13. The summed E-state index contributed by atoms with van der Waals surface area (Å²) in [6.07, 6.45) is 9.19. The molecule has 0 bridgehead atoms. The second kappa shape index (κ2) is 10.3. The maximum absolute atomic E-state index is 4.60. The number of piperazine rings is 1. The molecule has 6 nitrogen and oxygen atoms in total. The van der Waals surface area contributed by atoms with Crippen LogP contribution in [0.4, 0.5) is 5.13 Å². The molecule has 2 heterocycles. The highest BCUT2D eigenvalue weighted by molar-refractivity contribution is 14.0. The van der Waals surface area contributed by atoms with E-state index in [0.29, 0.717) is 0 Å². The van der Waals surface area contributed by atoms with Crippen molar-refractivity contribution in [1.82, 2.24) is 19.6 Å². The fraction of sp³-hybridized carbons (Fsp3) is 0.706. The van der Waals surface area contributed by atoms with Gasteiger partial charge >= 0.3 is 0 Å². The van der Waals surface area contributed by atoms with Crippen LogP contribution in [0.5, 0.6) is 0 Å². The quantitative estimate of drug-likeness (QED) is 0.314. The van der Waals surface area contributed by atoms with E-state index in [2.05, 4.69) is 48.5 Å². The Labute approximate surface area is 172 Å². The smallest absolute Gasteiger partial charge is 0.205 e. The van der Waals surface area contributed by atoms with Gasteiger partial charge in [-0.25, -0.2) is 4.98 Å². The van der Waals surface area contributed by atoms with Crippen LogP contribution in [0.3, 0.4) is 0 Å². The Bertz CT molecular complexity index is 579. The van der Waals surface area contributed by atoms with Crippen molar-refractivity contribution in [3.05, 3.63) is 18.0 Å². The summed E-state index contributed by atoms with van der Waals surface area (Å²) in [5, 5.41) is 4.63. The van der Waals surface area contributed by atoms with Crippen LogP contribution in [-0.4, -0.2) is 60.0 Å². The van der Waals surface area contributed by atoms with Crippen LogP contribution in [0.2, 0.25) is 0 Å². The number of hydrogen-bond donors (Lipinski definition) is 1. The van der Waals surface area contributed by atoms with E-state index < -0.39 is 0 Å². The molecule has 3 rings (SSSR count). The summed E-state index contributed by atoms with van der Waals surface area (Å²) >= 11 is 1.52. The molecule has 1 N–H and O–H groups in total. The molecule has 1 aromatic heterocycles. The zero-order valence-corrected chi connectivity index (χ0v) is 18.3. The van der Waals surface area contributed by atoms with Crippen LogP contribution in [0.15, 0.2) is 17.1 Å². The fourth-order valence-electron chi connectivity index (χ4n) is 3.24. The van der Waals surface area contributed by atoms with Crippen molar-refractivity contribution in [3.8, 4) is 0 Å². The third kappa shape index (κ3) is 5.54. The van der Waals surface area contributed by atoms with Gasteiger partial charge in [0.1, 0.15) is 5.82 Å². The minimum Gasteiger partial charge on any atom is -0.356 e. The number of aliphatic imine (C=N–C) groups is 1. The van der Waals surface area contributed by atoms with Gasteiger partial charge in [0, 0.05) is 57.7 Å². The third-order valence-corrected chi connectivity index (χ3v) is 5.58. The van der Waals surface area contributed by atoms with Crippen molar-refractivity contribution in [3.63, 3.8) is 0 Å². The third-order valence-electron chi connectivity index (χ3n) is 4.76.